The van der Waals surface area contributed by atoms with Crippen LogP contribution in [0.4, 0.5) is 0 Å². The minimum absolute atomic E-state index is 0.0812. The number of aliphatic hydroxyl groups excluding tert-OH is 1. The number of hydrogen-bond donors (Lipinski definition) is 2. The maximum atomic E-state index is 9.87. The maximum absolute atomic E-state index is 9.87. The molecule has 0 radical (unpaired) electrons. The second-order valence-corrected chi connectivity index (χ2v) is 1.78. The van der Waals surface area contributed by atoms with Crippen LogP contribution in [0.15, 0.2) is 11.8 Å². The Bertz CT molecular complexity index is 122. The van der Waals surface area contributed by atoms with Crippen molar-refractivity contribution in [3.05, 3.63) is 11.8 Å². The minimum Gasteiger partial charge on any atom is -0.513 e. The van der Waals surface area contributed by atoms with E-state index in [2.05, 4.69) is 0 Å². The Morgan fingerprint density at radius 2 is 2.11 bits per heavy atom. The predicted molar refractivity (Wildman–Crippen MR) is 33.3 cm³/mol. The van der Waals surface area contributed by atoms with Crippen LogP contribution in [0.2, 0.25) is 0 Å². The third kappa shape index (κ3) is 7.01. The number of rotatable bonds is 3. The molecule has 3 nitrogen and oxygen atoms in total. The van der Waals surface area contributed by atoms with Crippen molar-refractivity contribution in [3.63, 3.8) is 0 Å². The lowest BCUT2D eigenvalue weighted by Gasteiger charge is -1.87. The molecule has 0 saturated carbocycles. The van der Waals surface area contributed by atoms with Crippen LogP contribution in [0.3, 0.4) is 0 Å². The number of carbonyl (C=O) groups is 1. The van der Waals surface area contributed by atoms with Crippen LogP contribution < -0.4 is 0 Å². The summed E-state index contributed by atoms with van der Waals surface area (Å²) in [5.41, 5.74) is 0. The Labute approximate surface area is 53.6 Å². The van der Waals surface area contributed by atoms with E-state index in [4.69, 9.17) is 10.2 Å². The molecule has 0 aliphatic carbocycles. The van der Waals surface area contributed by atoms with Crippen LogP contribution in [0.25, 0.3) is 0 Å². The van der Waals surface area contributed by atoms with Gasteiger partial charge in [0.15, 0.2) is 0 Å². The van der Waals surface area contributed by atoms with E-state index in [1.165, 1.54) is 13.0 Å². The Morgan fingerprint density at radius 1 is 1.56 bits per heavy atom. The summed E-state index contributed by atoms with van der Waals surface area (Å²) in [6, 6.07) is 0. The summed E-state index contributed by atoms with van der Waals surface area (Å²) in [4.78, 5) is 9.87. The molecule has 0 aliphatic rings. The number of allylic oxidation sites excluding steroid dienone is 2. The van der Waals surface area contributed by atoms with Crippen LogP contribution in [0, 0.1) is 0 Å². The van der Waals surface area contributed by atoms with Gasteiger partial charge in [0, 0.05) is 6.42 Å². The molecule has 0 saturated heterocycles. The summed E-state index contributed by atoms with van der Waals surface area (Å²) in [5, 5.41) is 16.6. The summed E-state index contributed by atoms with van der Waals surface area (Å²) in [7, 11) is 0. The van der Waals surface area contributed by atoms with Crippen molar-refractivity contribution in [3.8, 4) is 0 Å². The largest absolute Gasteiger partial charge is 0.513 e. The standard InChI is InChI=1S/C6H10O3/c1-5(7)3-2-4-6(8)9/h3,7H,2,4H2,1H3,(H,8,9)/b5-3-. The van der Waals surface area contributed by atoms with Crippen molar-refractivity contribution in [2.24, 2.45) is 0 Å². The molecule has 2 N–H and O–H groups in total. The van der Waals surface area contributed by atoms with E-state index in [1.54, 1.807) is 0 Å². The number of hydrogen-bond acceptors (Lipinski definition) is 2. The molecule has 0 fully saturated rings. The number of carboxylic acids is 1. The SMILES string of the molecule is C/C(O)=C/CCC(=O)O. The van der Waals surface area contributed by atoms with Gasteiger partial charge in [-0.05, 0) is 19.4 Å². The summed E-state index contributed by atoms with van der Waals surface area (Å²) in [5.74, 6) is -0.663. The quantitative estimate of drug-likeness (QED) is 0.566. The average molecular weight is 130 g/mol. The molecule has 52 valence electrons. The van der Waals surface area contributed by atoms with Gasteiger partial charge in [-0.1, -0.05) is 0 Å². The maximum Gasteiger partial charge on any atom is 0.303 e. The topological polar surface area (TPSA) is 57.5 Å². The van der Waals surface area contributed by atoms with Crippen LogP contribution in [-0.4, -0.2) is 16.2 Å². The van der Waals surface area contributed by atoms with Gasteiger partial charge in [0.1, 0.15) is 0 Å². The first-order valence-corrected chi connectivity index (χ1v) is 2.70. The van der Waals surface area contributed by atoms with Crippen molar-refractivity contribution in [1.29, 1.82) is 0 Å². The molecule has 0 rings (SSSR count). The van der Waals surface area contributed by atoms with Crippen molar-refractivity contribution >= 4 is 5.97 Å². The van der Waals surface area contributed by atoms with Gasteiger partial charge in [-0.3, -0.25) is 4.79 Å². The first-order valence-electron chi connectivity index (χ1n) is 2.70. The molecule has 0 amide bonds. The summed E-state index contributed by atoms with van der Waals surface area (Å²) in [6.07, 6.45) is 1.96. The number of carboxylic acid groups (broad SMARTS) is 1. The Morgan fingerprint density at radius 3 is 2.44 bits per heavy atom. The van der Waals surface area contributed by atoms with Crippen LogP contribution in [-0.2, 0) is 4.79 Å². The van der Waals surface area contributed by atoms with E-state index < -0.39 is 5.97 Å². The number of aliphatic hydroxyl groups is 1. The zero-order valence-electron chi connectivity index (χ0n) is 5.29. The van der Waals surface area contributed by atoms with E-state index in [9.17, 15) is 4.79 Å². The second kappa shape index (κ2) is 3.95. The van der Waals surface area contributed by atoms with Gasteiger partial charge in [-0.15, -0.1) is 0 Å². The van der Waals surface area contributed by atoms with Crippen LogP contribution in [0.1, 0.15) is 19.8 Å². The van der Waals surface area contributed by atoms with E-state index in [1.807, 2.05) is 0 Å². The minimum atomic E-state index is -0.840. The monoisotopic (exact) mass is 130 g/mol. The average Bonchev–Trinajstić information content (AvgIpc) is 1.63. The van der Waals surface area contributed by atoms with E-state index in [0.717, 1.165) is 0 Å². The highest BCUT2D eigenvalue weighted by atomic mass is 16.4. The lowest BCUT2D eigenvalue weighted by Crippen LogP contribution is -1.91. The fourth-order valence-electron chi connectivity index (χ4n) is 0.405. The number of aliphatic carboxylic acids is 1. The third-order valence-corrected chi connectivity index (χ3v) is 0.798. The van der Waals surface area contributed by atoms with Crippen LogP contribution >= 0.6 is 0 Å². The fourth-order valence-corrected chi connectivity index (χ4v) is 0.405. The van der Waals surface area contributed by atoms with Gasteiger partial charge in [-0.2, -0.15) is 0 Å². The first-order chi connectivity index (χ1) is 4.13. The molecule has 0 spiro atoms. The molecular formula is C6H10O3. The Kier molecular flexibility index (Phi) is 3.51. The summed E-state index contributed by atoms with van der Waals surface area (Å²) < 4.78 is 0. The van der Waals surface area contributed by atoms with Crippen molar-refractivity contribution in [2.75, 3.05) is 0 Å². The Hall–Kier alpha value is -0.990. The molecule has 0 aliphatic heterocycles. The highest BCUT2D eigenvalue weighted by molar-refractivity contribution is 5.66. The van der Waals surface area contributed by atoms with Gasteiger partial charge in [0.05, 0.1) is 5.76 Å². The molecule has 0 aromatic heterocycles. The lowest BCUT2D eigenvalue weighted by atomic mass is 10.3. The van der Waals surface area contributed by atoms with Gasteiger partial charge in [0.2, 0.25) is 0 Å². The van der Waals surface area contributed by atoms with Crippen molar-refractivity contribution < 1.29 is 15.0 Å². The zero-order chi connectivity index (χ0) is 7.28. The Balaban J connectivity index is 3.31. The highest BCUT2D eigenvalue weighted by Crippen LogP contribution is 1.93. The van der Waals surface area contributed by atoms with E-state index in [0.29, 0.717) is 6.42 Å². The van der Waals surface area contributed by atoms with Gasteiger partial charge in [0.25, 0.3) is 0 Å². The molecular weight excluding hydrogens is 120 g/mol. The summed E-state index contributed by atoms with van der Waals surface area (Å²) >= 11 is 0. The van der Waals surface area contributed by atoms with Gasteiger partial charge >= 0.3 is 5.97 Å². The molecule has 0 heterocycles. The van der Waals surface area contributed by atoms with E-state index in [-0.39, 0.29) is 12.2 Å². The zero-order valence-corrected chi connectivity index (χ0v) is 5.29. The molecule has 0 bridgehead atoms. The smallest absolute Gasteiger partial charge is 0.303 e. The molecule has 3 heteroatoms. The lowest BCUT2D eigenvalue weighted by molar-refractivity contribution is -0.136. The molecule has 0 aromatic carbocycles. The van der Waals surface area contributed by atoms with Crippen LogP contribution in [0.5, 0.6) is 0 Å². The third-order valence-electron chi connectivity index (χ3n) is 0.798. The molecule has 0 aromatic rings. The normalized spacial score (nSPS) is 11.4. The van der Waals surface area contributed by atoms with Gasteiger partial charge < -0.3 is 10.2 Å². The summed E-state index contributed by atoms with van der Waals surface area (Å²) in [6.45, 7) is 1.52. The first kappa shape index (κ1) is 8.01. The highest BCUT2D eigenvalue weighted by Gasteiger charge is 1.92. The predicted octanol–water partition coefficient (Wildman–Crippen LogP) is 1.31. The molecule has 0 unspecified atom stereocenters. The van der Waals surface area contributed by atoms with Crippen molar-refractivity contribution in [1.82, 2.24) is 0 Å². The van der Waals surface area contributed by atoms with Gasteiger partial charge in [-0.25, -0.2) is 0 Å². The van der Waals surface area contributed by atoms with E-state index >= 15 is 0 Å². The molecule has 0 atom stereocenters. The second-order valence-electron chi connectivity index (χ2n) is 1.78. The molecule has 9 heavy (non-hydrogen) atoms. The van der Waals surface area contributed by atoms with Crippen molar-refractivity contribution in [2.45, 2.75) is 19.8 Å². The fraction of sp³-hybridized carbons (Fsp3) is 0.500.